The van der Waals surface area contributed by atoms with Crippen LogP contribution in [0.3, 0.4) is 0 Å². The molecular weight excluding hydrogens is 933 g/mol. The Kier molecular flexibility index (Phi) is 24.6. The van der Waals surface area contributed by atoms with Gasteiger partial charge in [-0.2, -0.15) is 5.10 Å². The topological polar surface area (TPSA) is 184 Å². The van der Waals surface area contributed by atoms with Gasteiger partial charge < -0.3 is 37.9 Å². The maximum absolute atomic E-state index is 13.5. The summed E-state index contributed by atoms with van der Waals surface area (Å²) in [6.45, 7) is 11.3. The molecule has 0 unspecified atom stereocenters. The Hall–Kier alpha value is -7.94. The first-order valence-electron chi connectivity index (χ1n) is 24.9. The number of anilines is 1. The van der Waals surface area contributed by atoms with E-state index in [4.69, 9.17) is 37.9 Å². The van der Waals surface area contributed by atoms with Gasteiger partial charge in [0.2, 0.25) is 0 Å². The predicted octanol–water partition coefficient (Wildman–Crippen LogP) is 12.0. The Morgan fingerprint density at radius 3 is 1.48 bits per heavy atom. The molecule has 0 bridgehead atoms. The lowest BCUT2D eigenvalue weighted by Crippen LogP contribution is -2.11. The lowest BCUT2D eigenvalue weighted by atomic mass is 10.1. The Bertz CT molecular complexity index is 2590. The number of hydrogen-bond donors (Lipinski definition) is 1. The number of rotatable bonds is 34. The van der Waals surface area contributed by atoms with Gasteiger partial charge in [-0.1, -0.05) is 32.2 Å². The molecule has 0 saturated heterocycles. The van der Waals surface area contributed by atoms with Gasteiger partial charge in [0.25, 0.3) is 0 Å². The fourth-order valence-electron chi connectivity index (χ4n) is 7.04. The zero-order chi connectivity index (χ0) is 51.9. The standard InChI is InChI=1S/C58H66N2O13/c1-4-54(61)69-36-16-10-7-13-33-66-49-26-21-44(22-27-49)57(64)72-52-31-32-53(73-58(65)45-23-28-50(29-24-45)67-34-14-8-11-17-37-70-55(62)5-2)47(41-52)42-59-60-48-25-19-43-20-30-51(40-46(43)39-48)68-35-15-9-12-18-38-71-56(63)6-3/h4-5,19-32,39-42,60H,1-2,6-18,33-38H2,3H3/b59-42+. The van der Waals surface area contributed by atoms with Crippen LogP contribution in [-0.4, -0.2) is 75.7 Å². The van der Waals surface area contributed by atoms with Crippen molar-refractivity contribution in [1.29, 1.82) is 0 Å². The van der Waals surface area contributed by atoms with Crippen molar-refractivity contribution in [1.82, 2.24) is 0 Å². The molecule has 0 radical (unpaired) electrons. The zero-order valence-corrected chi connectivity index (χ0v) is 41.7. The molecule has 0 amide bonds. The summed E-state index contributed by atoms with van der Waals surface area (Å²) < 4.78 is 44.5. The molecule has 5 aromatic rings. The monoisotopic (exact) mass is 998 g/mol. The van der Waals surface area contributed by atoms with Crippen LogP contribution in [0.4, 0.5) is 5.69 Å². The van der Waals surface area contributed by atoms with Crippen molar-refractivity contribution in [2.24, 2.45) is 5.10 Å². The van der Waals surface area contributed by atoms with Gasteiger partial charge in [0.1, 0.15) is 28.7 Å². The lowest BCUT2D eigenvalue weighted by molar-refractivity contribution is -0.143. The Balaban J connectivity index is 1.19. The molecule has 0 aliphatic rings. The molecule has 15 heteroatoms. The Morgan fingerprint density at radius 2 is 0.945 bits per heavy atom. The van der Waals surface area contributed by atoms with Crippen LogP contribution in [-0.2, 0) is 28.6 Å². The van der Waals surface area contributed by atoms with E-state index >= 15 is 0 Å². The van der Waals surface area contributed by atoms with Crippen molar-refractivity contribution in [3.05, 3.63) is 145 Å². The SMILES string of the molecule is C=CC(=O)OCCCCCCOc1ccc(C(=O)Oc2ccc(OC(=O)c3ccc(OCCCCCCOC(=O)C=C)cc3)c(/C=N/Nc3ccc4ccc(OCCCCCCOC(=O)CC)cc4c3)c2)cc1. The van der Waals surface area contributed by atoms with Gasteiger partial charge in [-0.25, -0.2) is 19.2 Å². The van der Waals surface area contributed by atoms with Crippen LogP contribution in [0, 0.1) is 0 Å². The largest absolute Gasteiger partial charge is 0.494 e. The number of carbonyl (C=O) groups is 5. The van der Waals surface area contributed by atoms with Crippen molar-refractivity contribution >= 4 is 52.5 Å². The molecule has 0 atom stereocenters. The molecule has 73 heavy (non-hydrogen) atoms. The lowest BCUT2D eigenvalue weighted by Gasteiger charge is -2.11. The van der Waals surface area contributed by atoms with Crippen LogP contribution in [0.15, 0.2) is 134 Å². The molecule has 0 aromatic heterocycles. The van der Waals surface area contributed by atoms with Crippen LogP contribution in [0.2, 0.25) is 0 Å². The quantitative estimate of drug-likeness (QED) is 0.00781. The van der Waals surface area contributed by atoms with Gasteiger partial charge in [0, 0.05) is 24.1 Å². The minimum Gasteiger partial charge on any atom is -0.494 e. The summed E-state index contributed by atoms with van der Waals surface area (Å²) in [6.07, 6.45) is 14.5. The summed E-state index contributed by atoms with van der Waals surface area (Å²) >= 11 is 0. The average molecular weight is 999 g/mol. The fourth-order valence-corrected chi connectivity index (χ4v) is 7.04. The van der Waals surface area contributed by atoms with Crippen molar-refractivity contribution in [2.45, 2.75) is 90.4 Å². The number of nitrogens with one attached hydrogen (secondary N) is 1. The molecule has 15 nitrogen and oxygen atoms in total. The van der Waals surface area contributed by atoms with E-state index in [2.05, 4.69) is 23.7 Å². The third kappa shape index (κ3) is 21.1. The van der Waals surface area contributed by atoms with E-state index < -0.39 is 23.9 Å². The minimum absolute atomic E-state index is 0.174. The van der Waals surface area contributed by atoms with Gasteiger partial charge in [0.15, 0.2) is 0 Å². The summed E-state index contributed by atoms with van der Waals surface area (Å²) in [6, 6.07) is 29.6. The first-order valence-corrected chi connectivity index (χ1v) is 24.9. The number of unbranched alkanes of at least 4 members (excludes halogenated alkanes) is 9. The van der Waals surface area contributed by atoms with Gasteiger partial charge in [0.05, 0.1) is 62.7 Å². The maximum Gasteiger partial charge on any atom is 0.343 e. The van der Waals surface area contributed by atoms with Crippen LogP contribution in [0.1, 0.15) is 117 Å². The molecule has 386 valence electrons. The highest BCUT2D eigenvalue weighted by Gasteiger charge is 2.16. The summed E-state index contributed by atoms with van der Waals surface area (Å²) in [5, 5.41) is 6.42. The van der Waals surface area contributed by atoms with Gasteiger partial charge in [-0.15, -0.1) is 0 Å². The first kappa shape index (κ1) is 56.0. The van der Waals surface area contributed by atoms with E-state index in [1.54, 1.807) is 61.5 Å². The van der Waals surface area contributed by atoms with E-state index in [-0.39, 0.29) is 17.5 Å². The van der Waals surface area contributed by atoms with Crippen molar-refractivity contribution in [2.75, 3.05) is 45.1 Å². The third-order valence-electron chi connectivity index (χ3n) is 11.1. The minimum atomic E-state index is -0.618. The Morgan fingerprint density at radius 1 is 0.479 bits per heavy atom. The second-order valence-corrected chi connectivity index (χ2v) is 16.7. The number of nitrogens with zero attached hydrogens (tertiary/aromatic N) is 1. The highest BCUT2D eigenvalue weighted by atomic mass is 16.6. The van der Waals surface area contributed by atoms with Gasteiger partial charge in [-0.05, 0) is 179 Å². The number of fused-ring (bicyclic) bond motifs is 1. The van der Waals surface area contributed by atoms with E-state index in [1.807, 2.05) is 36.4 Å². The smallest absolute Gasteiger partial charge is 0.343 e. The molecule has 5 rings (SSSR count). The fraction of sp³-hybridized carbons (Fsp3) is 0.345. The number of esters is 5. The van der Waals surface area contributed by atoms with E-state index in [1.165, 1.54) is 18.3 Å². The molecule has 0 fully saturated rings. The molecule has 0 spiro atoms. The third-order valence-corrected chi connectivity index (χ3v) is 11.1. The molecule has 5 aromatic carbocycles. The normalized spacial score (nSPS) is 10.8. The summed E-state index contributed by atoms with van der Waals surface area (Å²) in [5.41, 5.74) is 4.70. The molecule has 0 aliphatic carbocycles. The van der Waals surface area contributed by atoms with Crippen molar-refractivity contribution in [3.8, 4) is 28.7 Å². The van der Waals surface area contributed by atoms with E-state index in [9.17, 15) is 24.0 Å². The van der Waals surface area contributed by atoms with Gasteiger partial charge in [-0.3, -0.25) is 10.2 Å². The molecule has 1 N–H and O–H groups in total. The van der Waals surface area contributed by atoms with Crippen molar-refractivity contribution < 1.29 is 61.9 Å². The van der Waals surface area contributed by atoms with Crippen LogP contribution in [0.5, 0.6) is 28.7 Å². The summed E-state index contributed by atoms with van der Waals surface area (Å²) in [5.74, 6) is 0.0837. The number of ether oxygens (including phenoxy) is 8. The molecule has 0 aliphatic heterocycles. The Labute approximate surface area is 427 Å². The molecular formula is C58H66N2O13. The average Bonchev–Trinajstić information content (AvgIpc) is 3.41. The maximum atomic E-state index is 13.5. The highest BCUT2D eigenvalue weighted by Crippen LogP contribution is 2.28. The summed E-state index contributed by atoms with van der Waals surface area (Å²) in [4.78, 5) is 60.5. The number of benzene rings is 5. The second-order valence-electron chi connectivity index (χ2n) is 16.7. The summed E-state index contributed by atoms with van der Waals surface area (Å²) in [7, 11) is 0. The zero-order valence-electron chi connectivity index (χ0n) is 41.7. The highest BCUT2D eigenvalue weighted by molar-refractivity contribution is 5.95. The second kappa shape index (κ2) is 32.1. The van der Waals surface area contributed by atoms with E-state index in [0.29, 0.717) is 79.9 Å². The van der Waals surface area contributed by atoms with Crippen LogP contribution < -0.4 is 29.1 Å². The van der Waals surface area contributed by atoms with Crippen LogP contribution >= 0.6 is 0 Å². The van der Waals surface area contributed by atoms with Crippen LogP contribution in [0.25, 0.3) is 10.8 Å². The molecule has 0 saturated carbocycles. The number of hydrazone groups is 1. The number of carbonyl (C=O) groups excluding carboxylic acids is 5. The number of hydrogen-bond acceptors (Lipinski definition) is 15. The first-order chi connectivity index (χ1) is 35.6. The van der Waals surface area contributed by atoms with Crippen molar-refractivity contribution in [3.63, 3.8) is 0 Å². The predicted molar refractivity (Wildman–Crippen MR) is 280 cm³/mol. The van der Waals surface area contributed by atoms with Gasteiger partial charge >= 0.3 is 29.8 Å². The van der Waals surface area contributed by atoms with E-state index in [0.717, 1.165) is 106 Å². The molecule has 0 heterocycles.